The summed E-state index contributed by atoms with van der Waals surface area (Å²) < 4.78 is 0. The van der Waals surface area contributed by atoms with Crippen molar-refractivity contribution >= 4 is 5.69 Å². The van der Waals surface area contributed by atoms with E-state index < -0.39 is 0 Å². The summed E-state index contributed by atoms with van der Waals surface area (Å²) in [5.41, 5.74) is 4.18. The first-order chi connectivity index (χ1) is 8.68. The monoisotopic (exact) mass is 246 g/mol. The summed E-state index contributed by atoms with van der Waals surface area (Å²) in [4.78, 5) is 2.42. The molecule has 18 heavy (non-hydrogen) atoms. The summed E-state index contributed by atoms with van der Waals surface area (Å²) in [5.74, 6) is 0. The fourth-order valence-electron chi connectivity index (χ4n) is 3.04. The van der Waals surface area contributed by atoms with Crippen molar-refractivity contribution < 1.29 is 0 Å². The van der Waals surface area contributed by atoms with Gasteiger partial charge >= 0.3 is 0 Å². The van der Waals surface area contributed by atoms with Crippen LogP contribution >= 0.6 is 0 Å². The number of hydrogen-bond acceptors (Lipinski definition) is 2. The zero-order chi connectivity index (χ0) is 13.0. The van der Waals surface area contributed by atoms with Crippen LogP contribution in [-0.2, 0) is 0 Å². The molecule has 1 aliphatic heterocycles. The van der Waals surface area contributed by atoms with Crippen molar-refractivity contribution in [3.8, 4) is 0 Å². The van der Waals surface area contributed by atoms with Crippen molar-refractivity contribution in [3.63, 3.8) is 0 Å². The van der Waals surface area contributed by atoms with Gasteiger partial charge in [0.2, 0.25) is 0 Å². The molecule has 1 saturated heterocycles. The van der Waals surface area contributed by atoms with Gasteiger partial charge in [-0.25, -0.2) is 0 Å². The molecule has 1 N–H and O–H groups in total. The SMILES string of the molecule is Cc1cccc(C)c1N(C)CCC1CCCCN1. The van der Waals surface area contributed by atoms with E-state index in [2.05, 4.69) is 49.3 Å². The van der Waals surface area contributed by atoms with Crippen molar-refractivity contribution in [2.24, 2.45) is 0 Å². The molecule has 2 heteroatoms. The highest BCUT2D eigenvalue weighted by Crippen LogP contribution is 2.24. The number of nitrogens with zero attached hydrogens (tertiary/aromatic N) is 1. The highest BCUT2D eigenvalue weighted by molar-refractivity contribution is 5.58. The maximum Gasteiger partial charge on any atom is 0.0423 e. The van der Waals surface area contributed by atoms with Crippen LogP contribution < -0.4 is 10.2 Å². The number of para-hydroxylation sites is 1. The van der Waals surface area contributed by atoms with Crippen molar-refractivity contribution in [1.29, 1.82) is 0 Å². The lowest BCUT2D eigenvalue weighted by molar-refractivity contribution is 0.384. The van der Waals surface area contributed by atoms with E-state index in [9.17, 15) is 0 Å². The standard InChI is InChI=1S/C16H26N2/c1-13-7-6-8-14(2)16(13)18(3)12-10-15-9-4-5-11-17-15/h6-8,15,17H,4-5,9-12H2,1-3H3. The zero-order valence-corrected chi connectivity index (χ0v) is 12.0. The highest BCUT2D eigenvalue weighted by atomic mass is 15.1. The Kier molecular flexibility index (Phi) is 4.65. The number of aryl methyl sites for hydroxylation is 2. The molecule has 2 rings (SSSR count). The lowest BCUT2D eigenvalue weighted by Gasteiger charge is -2.28. The van der Waals surface area contributed by atoms with Gasteiger partial charge in [0.25, 0.3) is 0 Å². The molecule has 0 aliphatic carbocycles. The molecule has 1 heterocycles. The summed E-state index contributed by atoms with van der Waals surface area (Å²) in [6.07, 6.45) is 5.35. The summed E-state index contributed by atoms with van der Waals surface area (Å²) >= 11 is 0. The van der Waals surface area contributed by atoms with Crippen LogP contribution in [0.3, 0.4) is 0 Å². The molecule has 0 radical (unpaired) electrons. The Morgan fingerprint density at radius 3 is 2.56 bits per heavy atom. The Morgan fingerprint density at radius 1 is 1.22 bits per heavy atom. The van der Waals surface area contributed by atoms with E-state index in [1.165, 1.54) is 49.0 Å². The van der Waals surface area contributed by atoms with E-state index in [1.54, 1.807) is 0 Å². The van der Waals surface area contributed by atoms with Crippen molar-refractivity contribution in [2.75, 3.05) is 25.0 Å². The van der Waals surface area contributed by atoms with E-state index >= 15 is 0 Å². The van der Waals surface area contributed by atoms with Gasteiger partial charge in [0.15, 0.2) is 0 Å². The minimum atomic E-state index is 0.727. The fraction of sp³-hybridized carbons (Fsp3) is 0.625. The quantitative estimate of drug-likeness (QED) is 0.877. The van der Waals surface area contributed by atoms with Gasteiger partial charge in [0.1, 0.15) is 0 Å². The average molecular weight is 246 g/mol. The van der Waals surface area contributed by atoms with Gasteiger partial charge in [-0.15, -0.1) is 0 Å². The van der Waals surface area contributed by atoms with E-state index in [1.807, 2.05) is 0 Å². The number of benzene rings is 1. The molecule has 1 atom stereocenters. The summed E-state index contributed by atoms with van der Waals surface area (Å²) in [5, 5.41) is 3.63. The Labute approximate surface area is 111 Å². The van der Waals surface area contributed by atoms with E-state index in [0.29, 0.717) is 0 Å². The molecule has 1 aromatic rings. The first kappa shape index (κ1) is 13.4. The van der Waals surface area contributed by atoms with Gasteiger partial charge in [0, 0.05) is 25.3 Å². The molecule has 0 saturated carbocycles. The lowest BCUT2D eigenvalue weighted by Crippen LogP contribution is -2.37. The summed E-state index contributed by atoms with van der Waals surface area (Å²) in [6.45, 7) is 6.76. The topological polar surface area (TPSA) is 15.3 Å². The molecular weight excluding hydrogens is 220 g/mol. The molecule has 0 spiro atoms. The Morgan fingerprint density at radius 2 is 1.94 bits per heavy atom. The van der Waals surface area contributed by atoms with Crippen LogP contribution in [0.1, 0.15) is 36.8 Å². The Hall–Kier alpha value is -1.02. The Bertz CT molecular complexity index is 360. The lowest BCUT2D eigenvalue weighted by atomic mass is 10.0. The van der Waals surface area contributed by atoms with E-state index in [0.717, 1.165) is 12.6 Å². The molecule has 0 amide bonds. The van der Waals surface area contributed by atoms with Gasteiger partial charge in [-0.2, -0.15) is 0 Å². The van der Waals surface area contributed by atoms with Crippen LogP contribution in [0, 0.1) is 13.8 Å². The third-order valence-electron chi connectivity index (χ3n) is 4.05. The average Bonchev–Trinajstić information content (AvgIpc) is 2.37. The van der Waals surface area contributed by atoms with Crippen LogP contribution in [0.15, 0.2) is 18.2 Å². The maximum absolute atomic E-state index is 3.63. The van der Waals surface area contributed by atoms with Gasteiger partial charge in [-0.05, 0) is 50.8 Å². The second kappa shape index (κ2) is 6.24. The van der Waals surface area contributed by atoms with Crippen LogP contribution in [0.2, 0.25) is 0 Å². The highest BCUT2D eigenvalue weighted by Gasteiger charge is 2.14. The van der Waals surface area contributed by atoms with Crippen LogP contribution in [0.4, 0.5) is 5.69 Å². The van der Waals surface area contributed by atoms with Crippen LogP contribution in [0.5, 0.6) is 0 Å². The third kappa shape index (κ3) is 3.26. The minimum Gasteiger partial charge on any atom is -0.374 e. The van der Waals surface area contributed by atoms with Gasteiger partial charge < -0.3 is 10.2 Å². The predicted octanol–water partition coefficient (Wildman–Crippen LogP) is 3.27. The normalized spacial score (nSPS) is 19.8. The van der Waals surface area contributed by atoms with E-state index in [4.69, 9.17) is 0 Å². The van der Waals surface area contributed by atoms with Crippen molar-refractivity contribution in [3.05, 3.63) is 29.3 Å². The number of nitrogens with one attached hydrogen (secondary N) is 1. The van der Waals surface area contributed by atoms with Crippen molar-refractivity contribution in [1.82, 2.24) is 5.32 Å². The fourth-order valence-corrected chi connectivity index (χ4v) is 3.04. The molecular formula is C16H26N2. The van der Waals surface area contributed by atoms with Crippen LogP contribution in [0.25, 0.3) is 0 Å². The Balaban J connectivity index is 1.92. The van der Waals surface area contributed by atoms with E-state index in [-0.39, 0.29) is 0 Å². The molecule has 1 aliphatic rings. The number of anilines is 1. The molecule has 100 valence electrons. The largest absolute Gasteiger partial charge is 0.374 e. The molecule has 0 bridgehead atoms. The third-order valence-corrected chi connectivity index (χ3v) is 4.05. The van der Waals surface area contributed by atoms with Gasteiger partial charge in [0.05, 0.1) is 0 Å². The first-order valence-electron chi connectivity index (χ1n) is 7.19. The molecule has 1 unspecified atom stereocenters. The van der Waals surface area contributed by atoms with Gasteiger partial charge in [-0.3, -0.25) is 0 Å². The number of rotatable bonds is 4. The molecule has 0 aromatic heterocycles. The maximum atomic E-state index is 3.63. The summed E-state index contributed by atoms with van der Waals surface area (Å²) in [7, 11) is 2.22. The molecule has 2 nitrogen and oxygen atoms in total. The molecule has 1 aromatic carbocycles. The second-order valence-electron chi connectivity index (χ2n) is 5.60. The van der Waals surface area contributed by atoms with Gasteiger partial charge in [-0.1, -0.05) is 24.6 Å². The minimum absolute atomic E-state index is 0.727. The smallest absolute Gasteiger partial charge is 0.0423 e. The zero-order valence-electron chi connectivity index (χ0n) is 12.0. The second-order valence-corrected chi connectivity index (χ2v) is 5.60. The predicted molar refractivity (Wildman–Crippen MR) is 79.4 cm³/mol. The first-order valence-corrected chi connectivity index (χ1v) is 7.19. The van der Waals surface area contributed by atoms with Crippen LogP contribution in [-0.4, -0.2) is 26.2 Å². The number of piperidine rings is 1. The summed E-state index contributed by atoms with van der Waals surface area (Å²) in [6, 6.07) is 7.28. The molecule has 1 fully saturated rings. The van der Waals surface area contributed by atoms with Crippen molar-refractivity contribution in [2.45, 2.75) is 45.6 Å². The number of hydrogen-bond donors (Lipinski definition) is 1.